The Morgan fingerprint density at radius 2 is 2.15 bits per heavy atom. The van der Waals surface area contributed by atoms with Crippen LogP contribution in [-0.4, -0.2) is 37.5 Å². The Balaban J connectivity index is 1.35. The predicted molar refractivity (Wildman–Crippen MR) is 98.3 cm³/mol. The summed E-state index contributed by atoms with van der Waals surface area (Å²) in [5.41, 5.74) is 1.24. The summed E-state index contributed by atoms with van der Waals surface area (Å²) in [6.45, 7) is 0.791. The van der Waals surface area contributed by atoms with E-state index < -0.39 is 0 Å². The van der Waals surface area contributed by atoms with Crippen molar-refractivity contribution in [1.82, 2.24) is 25.5 Å². The van der Waals surface area contributed by atoms with Gasteiger partial charge in [0.1, 0.15) is 6.61 Å². The first kappa shape index (κ1) is 16.4. The van der Waals surface area contributed by atoms with E-state index in [1.165, 1.54) is 37.0 Å². The molecule has 26 heavy (non-hydrogen) atoms. The predicted octanol–water partition coefficient (Wildman–Crippen LogP) is 1.92. The van der Waals surface area contributed by atoms with Gasteiger partial charge in [-0.2, -0.15) is 4.80 Å². The fraction of sp³-hybridized carbons (Fsp3) is 0.632. The zero-order chi connectivity index (χ0) is 17.6. The van der Waals surface area contributed by atoms with Crippen molar-refractivity contribution < 1.29 is 5.11 Å². The van der Waals surface area contributed by atoms with E-state index in [1.807, 2.05) is 4.80 Å². The van der Waals surface area contributed by atoms with Crippen LogP contribution in [0.2, 0.25) is 0 Å². The van der Waals surface area contributed by atoms with E-state index >= 15 is 0 Å². The molecule has 0 spiro atoms. The van der Waals surface area contributed by atoms with Crippen LogP contribution < -0.4 is 5.32 Å². The Labute approximate surface area is 157 Å². The van der Waals surface area contributed by atoms with Crippen LogP contribution in [0.4, 0.5) is 0 Å². The Morgan fingerprint density at radius 1 is 1.31 bits per heavy atom. The van der Waals surface area contributed by atoms with Crippen LogP contribution in [0.15, 0.2) is 17.8 Å². The first-order valence-corrected chi connectivity index (χ1v) is 10.2. The number of tetrazole rings is 1. The highest BCUT2D eigenvalue weighted by Gasteiger charge is 2.59. The van der Waals surface area contributed by atoms with Crippen LogP contribution in [-0.2, 0) is 12.1 Å². The van der Waals surface area contributed by atoms with Crippen LogP contribution in [0.1, 0.15) is 49.0 Å². The maximum atomic E-state index is 8.84. The summed E-state index contributed by atoms with van der Waals surface area (Å²) in [5, 5.41) is 27.5. The molecule has 2 heterocycles. The lowest BCUT2D eigenvalue weighted by Gasteiger charge is -2.61. The van der Waals surface area contributed by atoms with E-state index in [2.05, 4.69) is 44.0 Å². The number of nitrogens with zero attached hydrogens (tertiary/aromatic N) is 4. The van der Waals surface area contributed by atoms with Crippen molar-refractivity contribution in [2.45, 2.75) is 56.1 Å². The molecule has 2 unspecified atom stereocenters. The number of thiophene rings is 1. The summed E-state index contributed by atoms with van der Waals surface area (Å²) >= 11 is 1.74. The standard InChI is InChI=1S/C19H23N5OS/c25-3-1-2-14-5-17(26-11-14)10-20-18-6-15-4-16(7-18)9-19(8-15,12-18)24-22-13-21-23-24/h5,11,13,15-16,20,25H,3-4,6-10,12H2. The number of aromatic nitrogens is 4. The molecule has 136 valence electrons. The summed E-state index contributed by atoms with van der Waals surface area (Å²) in [5.74, 6) is 7.24. The molecule has 2 aromatic heterocycles. The van der Waals surface area contributed by atoms with Crippen LogP contribution in [0, 0.1) is 23.7 Å². The monoisotopic (exact) mass is 369 g/mol. The van der Waals surface area contributed by atoms with Crippen molar-refractivity contribution in [3.63, 3.8) is 0 Å². The maximum Gasteiger partial charge on any atom is 0.162 e. The summed E-state index contributed by atoms with van der Waals surface area (Å²) in [4.78, 5) is 3.21. The molecular weight excluding hydrogens is 346 g/mol. The first-order valence-electron chi connectivity index (χ1n) is 9.34. The van der Waals surface area contributed by atoms with Gasteiger partial charge < -0.3 is 10.4 Å². The summed E-state index contributed by atoms with van der Waals surface area (Å²) < 4.78 is 0. The van der Waals surface area contributed by atoms with Crippen molar-refractivity contribution in [3.8, 4) is 11.8 Å². The van der Waals surface area contributed by atoms with E-state index in [-0.39, 0.29) is 17.7 Å². The second kappa shape index (κ2) is 6.15. The Hall–Kier alpha value is -1.75. The van der Waals surface area contributed by atoms with Crippen LogP contribution in [0.5, 0.6) is 0 Å². The zero-order valence-electron chi connectivity index (χ0n) is 14.7. The van der Waals surface area contributed by atoms with Gasteiger partial charge in [0.15, 0.2) is 6.33 Å². The number of nitrogens with one attached hydrogen (secondary N) is 1. The summed E-state index contributed by atoms with van der Waals surface area (Å²) in [6, 6.07) is 2.13. The molecule has 7 heteroatoms. The van der Waals surface area contributed by atoms with Gasteiger partial charge in [-0.25, -0.2) is 0 Å². The van der Waals surface area contributed by atoms with E-state index in [0.29, 0.717) is 0 Å². The highest BCUT2D eigenvalue weighted by Crippen LogP contribution is 2.60. The molecule has 4 aliphatic rings. The van der Waals surface area contributed by atoms with Crippen molar-refractivity contribution in [2.24, 2.45) is 11.8 Å². The van der Waals surface area contributed by atoms with Gasteiger partial charge in [-0.15, -0.1) is 21.5 Å². The molecule has 0 amide bonds. The van der Waals surface area contributed by atoms with Crippen LogP contribution in [0.3, 0.4) is 0 Å². The number of hydrogen-bond acceptors (Lipinski definition) is 6. The third kappa shape index (κ3) is 2.77. The minimum absolute atomic E-state index is 0.0563. The zero-order valence-corrected chi connectivity index (χ0v) is 15.5. The summed E-state index contributed by atoms with van der Waals surface area (Å²) in [7, 11) is 0. The molecule has 6 nitrogen and oxygen atoms in total. The smallest absolute Gasteiger partial charge is 0.162 e. The summed E-state index contributed by atoms with van der Waals surface area (Å²) in [6.07, 6.45) is 8.96. The third-order valence-electron chi connectivity index (χ3n) is 6.41. The van der Waals surface area contributed by atoms with Gasteiger partial charge in [-0.3, -0.25) is 0 Å². The average molecular weight is 369 g/mol. The average Bonchev–Trinajstić information content (AvgIpc) is 3.29. The van der Waals surface area contributed by atoms with E-state index in [0.717, 1.165) is 30.4 Å². The van der Waals surface area contributed by atoms with Gasteiger partial charge in [-0.05, 0) is 61.6 Å². The molecule has 4 bridgehead atoms. The normalized spacial score (nSPS) is 34.7. The SMILES string of the molecule is OCC#Cc1csc(CNC23CC4CC(C2)CC(n2ncnn2)(C4)C3)c1. The molecule has 2 aromatic rings. The molecule has 2 atom stereocenters. The van der Waals surface area contributed by atoms with Gasteiger partial charge in [0, 0.05) is 27.9 Å². The highest BCUT2D eigenvalue weighted by atomic mass is 32.1. The molecule has 0 aliphatic heterocycles. The number of hydrogen-bond donors (Lipinski definition) is 2. The number of aliphatic hydroxyl groups is 1. The molecule has 4 aliphatic carbocycles. The first-order chi connectivity index (χ1) is 12.7. The van der Waals surface area contributed by atoms with Crippen molar-refractivity contribution in [3.05, 3.63) is 28.2 Å². The molecule has 0 radical (unpaired) electrons. The van der Waals surface area contributed by atoms with E-state index in [4.69, 9.17) is 5.11 Å². The fourth-order valence-electron chi connectivity index (χ4n) is 5.99. The highest BCUT2D eigenvalue weighted by molar-refractivity contribution is 7.10. The molecule has 0 aromatic carbocycles. The van der Waals surface area contributed by atoms with Crippen molar-refractivity contribution >= 4 is 11.3 Å². The number of aliphatic hydroxyl groups excluding tert-OH is 1. The number of rotatable bonds is 4. The molecule has 0 saturated heterocycles. The van der Waals surface area contributed by atoms with E-state index in [9.17, 15) is 0 Å². The topological polar surface area (TPSA) is 75.9 Å². The van der Waals surface area contributed by atoms with Gasteiger partial charge in [0.25, 0.3) is 0 Å². The lowest BCUT2D eigenvalue weighted by molar-refractivity contribution is -0.0853. The minimum atomic E-state index is -0.0896. The Morgan fingerprint density at radius 3 is 2.88 bits per heavy atom. The van der Waals surface area contributed by atoms with Gasteiger partial charge in [-0.1, -0.05) is 11.8 Å². The Bertz CT molecular complexity index is 835. The third-order valence-corrected chi connectivity index (χ3v) is 7.34. The van der Waals surface area contributed by atoms with Gasteiger partial charge in [0.2, 0.25) is 0 Å². The van der Waals surface area contributed by atoms with Crippen molar-refractivity contribution in [2.75, 3.05) is 6.61 Å². The van der Waals surface area contributed by atoms with Gasteiger partial charge >= 0.3 is 0 Å². The fourth-order valence-corrected chi connectivity index (χ4v) is 6.75. The molecule has 4 saturated carbocycles. The van der Waals surface area contributed by atoms with Crippen LogP contribution >= 0.6 is 11.3 Å². The van der Waals surface area contributed by atoms with E-state index in [1.54, 1.807) is 17.7 Å². The Kier molecular flexibility index (Phi) is 3.89. The minimum Gasteiger partial charge on any atom is -0.384 e. The second-order valence-electron chi connectivity index (χ2n) is 8.31. The van der Waals surface area contributed by atoms with Crippen molar-refractivity contribution in [1.29, 1.82) is 0 Å². The lowest BCUT2D eigenvalue weighted by Crippen LogP contribution is -2.65. The molecule has 2 N–H and O–H groups in total. The van der Waals surface area contributed by atoms with Crippen LogP contribution in [0.25, 0.3) is 0 Å². The lowest BCUT2D eigenvalue weighted by atomic mass is 9.50. The quantitative estimate of drug-likeness (QED) is 0.806. The molecular formula is C19H23N5OS. The van der Waals surface area contributed by atoms with Gasteiger partial charge in [0.05, 0.1) is 5.54 Å². The second-order valence-corrected chi connectivity index (χ2v) is 9.30. The largest absolute Gasteiger partial charge is 0.384 e. The molecule has 4 fully saturated rings. The molecule has 6 rings (SSSR count). The maximum absolute atomic E-state index is 8.84.